The molecule has 0 radical (unpaired) electrons. The first kappa shape index (κ1) is 14.5. The van der Waals surface area contributed by atoms with E-state index in [9.17, 15) is 0 Å². The summed E-state index contributed by atoms with van der Waals surface area (Å²) < 4.78 is 11.4. The maximum Gasteiger partial charge on any atom is 0.231 e. The van der Waals surface area contributed by atoms with Gasteiger partial charge in [0.15, 0.2) is 0 Å². The van der Waals surface area contributed by atoms with E-state index >= 15 is 0 Å². The SMILES string of the molecule is CCOC(CC)(CC)c1noc([C@@H]2CCCNC2)n1. The molecule has 108 valence electrons. The molecule has 19 heavy (non-hydrogen) atoms. The summed E-state index contributed by atoms with van der Waals surface area (Å²) >= 11 is 0. The second kappa shape index (κ2) is 6.48. The first-order valence-electron chi connectivity index (χ1n) is 7.44. The molecule has 1 atom stereocenters. The van der Waals surface area contributed by atoms with Crippen molar-refractivity contribution in [2.75, 3.05) is 19.7 Å². The van der Waals surface area contributed by atoms with E-state index in [1.807, 2.05) is 6.92 Å². The van der Waals surface area contributed by atoms with Crippen LogP contribution in [0.4, 0.5) is 0 Å². The highest BCUT2D eigenvalue weighted by atomic mass is 16.5. The normalized spacial score (nSPS) is 20.7. The Morgan fingerprint density at radius 3 is 2.74 bits per heavy atom. The number of hydrogen-bond acceptors (Lipinski definition) is 5. The quantitative estimate of drug-likeness (QED) is 0.858. The maximum atomic E-state index is 5.91. The molecule has 5 heteroatoms. The minimum atomic E-state index is -0.390. The molecule has 0 aromatic carbocycles. The van der Waals surface area contributed by atoms with Crippen LogP contribution in [0.1, 0.15) is 64.1 Å². The Balaban J connectivity index is 2.17. The van der Waals surface area contributed by atoms with Crippen LogP contribution < -0.4 is 5.32 Å². The van der Waals surface area contributed by atoms with Crippen molar-refractivity contribution in [3.05, 3.63) is 11.7 Å². The van der Waals surface area contributed by atoms with Crippen molar-refractivity contribution in [2.45, 2.75) is 58.0 Å². The van der Waals surface area contributed by atoms with E-state index in [2.05, 4.69) is 29.3 Å². The Labute approximate surface area is 115 Å². The number of hydrogen-bond donors (Lipinski definition) is 1. The summed E-state index contributed by atoms with van der Waals surface area (Å²) in [6.07, 6.45) is 4.01. The lowest BCUT2D eigenvalue weighted by molar-refractivity contribution is -0.0583. The Morgan fingerprint density at radius 2 is 2.16 bits per heavy atom. The number of piperidine rings is 1. The van der Waals surface area contributed by atoms with Gasteiger partial charge in [-0.15, -0.1) is 0 Å². The number of rotatable bonds is 6. The van der Waals surface area contributed by atoms with Gasteiger partial charge in [0.25, 0.3) is 0 Å². The van der Waals surface area contributed by atoms with Gasteiger partial charge < -0.3 is 14.6 Å². The minimum absolute atomic E-state index is 0.350. The standard InChI is InChI=1S/C14H25N3O2/c1-4-14(5-2,18-6-3)13-16-12(19-17-13)11-8-7-9-15-10-11/h11,15H,4-10H2,1-3H3/t11-/m1/s1. The zero-order valence-electron chi connectivity index (χ0n) is 12.2. The summed E-state index contributed by atoms with van der Waals surface area (Å²) in [6.45, 7) is 8.91. The van der Waals surface area contributed by atoms with Crippen molar-refractivity contribution in [2.24, 2.45) is 0 Å². The molecule has 1 aromatic heterocycles. The molecule has 5 nitrogen and oxygen atoms in total. The first-order chi connectivity index (χ1) is 9.25. The van der Waals surface area contributed by atoms with Crippen molar-refractivity contribution >= 4 is 0 Å². The lowest BCUT2D eigenvalue weighted by Gasteiger charge is -2.27. The van der Waals surface area contributed by atoms with Crippen LogP contribution >= 0.6 is 0 Å². The monoisotopic (exact) mass is 267 g/mol. The van der Waals surface area contributed by atoms with Crippen molar-refractivity contribution in [1.29, 1.82) is 0 Å². The fourth-order valence-corrected chi connectivity index (χ4v) is 2.76. The molecular weight excluding hydrogens is 242 g/mol. The zero-order valence-corrected chi connectivity index (χ0v) is 12.2. The van der Waals surface area contributed by atoms with Crippen LogP contribution in [0.3, 0.4) is 0 Å². The lowest BCUT2D eigenvalue weighted by Crippen LogP contribution is -2.30. The van der Waals surface area contributed by atoms with Crippen LogP contribution in [0.5, 0.6) is 0 Å². The van der Waals surface area contributed by atoms with Crippen molar-refractivity contribution in [3.63, 3.8) is 0 Å². The molecule has 0 saturated carbocycles. The molecule has 0 amide bonds. The van der Waals surface area contributed by atoms with Gasteiger partial charge in [-0.3, -0.25) is 0 Å². The summed E-state index contributed by atoms with van der Waals surface area (Å²) in [4.78, 5) is 4.62. The molecule has 1 aliphatic rings. The second-order valence-electron chi connectivity index (χ2n) is 5.13. The summed E-state index contributed by atoms with van der Waals surface area (Å²) in [5.41, 5.74) is -0.390. The molecule has 1 N–H and O–H groups in total. The van der Waals surface area contributed by atoms with E-state index in [4.69, 9.17) is 9.26 Å². The molecule has 0 spiro atoms. The van der Waals surface area contributed by atoms with E-state index in [0.29, 0.717) is 18.3 Å². The highest BCUT2D eigenvalue weighted by Gasteiger charge is 2.35. The topological polar surface area (TPSA) is 60.2 Å². The first-order valence-corrected chi connectivity index (χ1v) is 7.44. The molecular formula is C14H25N3O2. The zero-order chi connectivity index (χ0) is 13.7. The largest absolute Gasteiger partial charge is 0.367 e. The third-order valence-electron chi connectivity index (χ3n) is 4.06. The highest BCUT2D eigenvalue weighted by Crippen LogP contribution is 2.32. The molecule has 2 rings (SSSR count). The van der Waals surface area contributed by atoms with Crippen LogP contribution in [-0.4, -0.2) is 29.8 Å². The van der Waals surface area contributed by atoms with Crippen LogP contribution in [0.2, 0.25) is 0 Å². The third-order valence-corrected chi connectivity index (χ3v) is 4.06. The molecule has 1 aromatic rings. The van der Waals surface area contributed by atoms with Gasteiger partial charge in [-0.1, -0.05) is 19.0 Å². The number of aromatic nitrogens is 2. The fraction of sp³-hybridized carbons (Fsp3) is 0.857. The predicted molar refractivity (Wildman–Crippen MR) is 73.0 cm³/mol. The Kier molecular flexibility index (Phi) is 4.93. The van der Waals surface area contributed by atoms with E-state index in [1.54, 1.807) is 0 Å². The van der Waals surface area contributed by atoms with Gasteiger partial charge in [-0.05, 0) is 39.2 Å². The molecule has 1 saturated heterocycles. The van der Waals surface area contributed by atoms with Crippen LogP contribution in [0.25, 0.3) is 0 Å². The van der Waals surface area contributed by atoms with Gasteiger partial charge in [0.2, 0.25) is 11.7 Å². The maximum absolute atomic E-state index is 5.91. The average molecular weight is 267 g/mol. The highest BCUT2D eigenvalue weighted by molar-refractivity contribution is 5.04. The van der Waals surface area contributed by atoms with Gasteiger partial charge in [-0.2, -0.15) is 4.98 Å². The molecule has 0 aliphatic carbocycles. The molecule has 2 heterocycles. The third kappa shape index (κ3) is 2.98. The van der Waals surface area contributed by atoms with Crippen molar-refractivity contribution in [1.82, 2.24) is 15.5 Å². The molecule has 1 aliphatic heterocycles. The van der Waals surface area contributed by atoms with Gasteiger partial charge in [0.1, 0.15) is 5.60 Å². The van der Waals surface area contributed by atoms with E-state index in [1.165, 1.54) is 6.42 Å². The van der Waals surface area contributed by atoms with Crippen LogP contribution in [0.15, 0.2) is 4.52 Å². The minimum Gasteiger partial charge on any atom is -0.367 e. The summed E-state index contributed by atoms with van der Waals surface area (Å²) in [7, 11) is 0. The number of nitrogens with one attached hydrogen (secondary N) is 1. The Hall–Kier alpha value is -0.940. The molecule has 0 bridgehead atoms. The van der Waals surface area contributed by atoms with Crippen LogP contribution in [0, 0.1) is 0 Å². The predicted octanol–water partition coefficient (Wildman–Crippen LogP) is 2.59. The second-order valence-corrected chi connectivity index (χ2v) is 5.13. The van der Waals surface area contributed by atoms with Gasteiger partial charge in [-0.25, -0.2) is 0 Å². The summed E-state index contributed by atoms with van der Waals surface area (Å²) in [6, 6.07) is 0. The molecule has 1 fully saturated rings. The lowest BCUT2D eigenvalue weighted by atomic mass is 9.95. The number of ether oxygens (including phenoxy) is 1. The van der Waals surface area contributed by atoms with Gasteiger partial charge in [0, 0.05) is 13.2 Å². The van der Waals surface area contributed by atoms with Gasteiger partial charge in [0.05, 0.1) is 5.92 Å². The fourth-order valence-electron chi connectivity index (χ4n) is 2.76. The number of nitrogens with zero attached hydrogens (tertiary/aromatic N) is 2. The Bertz CT molecular complexity index is 382. The van der Waals surface area contributed by atoms with Gasteiger partial charge >= 0.3 is 0 Å². The van der Waals surface area contributed by atoms with Crippen LogP contribution in [-0.2, 0) is 10.3 Å². The van der Waals surface area contributed by atoms with E-state index in [-0.39, 0.29) is 0 Å². The Morgan fingerprint density at radius 1 is 1.37 bits per heavy atom. The smallest absolute Gasteiger partial charge is 0.231 e. The van der Waals surface area contributed by atoms with E-state index < -0.39 is 5.60 Å². The van der Waals surface area contributed by atoms with Crippen molar-refractivity contribution < 1.29 is 9.26 Å². The molecule has 0 unspecified atom stereocenters. The van der Waals surface area contributed by atoms with Crippen molar-refractivity contribution in [3.8, 4) is 0 Å². The summed E-state index contributed by atoms with van der Waals surface area (Å²) in [5, 5.41) is 7.56. The summed E-state index contributed by atoms with van der Waals surface area (Å²) in [5.74, 6) is 1.82. The average Bonchev–Trinajstić information content (AvgIpc) is 2.96. The van der Waals surface area contributed by atoms with E-state index in [0.717, 1.165) is 38.2 Å².